The molecule has 1 amide bonds. The van der Waals surface area contributed by atoms with Crippen molar-refractivity contribution in [3.8, 4) is 11.5 Å². The lowest BCUT2D eigenvalue weighted by molar-refractivity contribution is -0.149. The quantitative estimate of drug-likeness (QED) is 0.646. The number of nitrogens with one attached hydrogen (secondary N) is 1. The Labute approximate surface area is 156 Å². The number of carbonyl (C=O) groups is 2. The van der Waals surface area contributed by atoms with E-state index in [-0.39, 0.29) is 24.8 Å². The number of carbonyl (C=O) groups excluding carboxylic acids is 2. The molecule has 0 aliphatic rings. The predicted molar refractivity (Wildman–Crippen MR) is 97.6 cm³/mol. The Morgan fingerprint density at radius 2 is 1.70 bits per heavy atom. The van der Waals surface area contributed by atoms with Crippen LogP contribution in [-0.4, -0.2) is 28.6 Å². The molecule has 7 nitrogen and oxygen atoms in total. The van der Waals surface area contributed by atoms with Crippen LogP contribution in [0, 0.1) is 0 Å². The molecule has 27 heavy (non-hydrogen) atoms. The fourth-order valence-corrected chi connectivity index (χ4v) is 2.37. The molecule has 138 valence electrons. The van der Waals surface area contributed by atoms with Crippen molar-refractivity contribution in [3.05, 3.63) is 72.1 Å². The van der Waals surface area contributed by atoms with Gasteiger partial charge in [0.2, 0.25) is 5.89 Å². The summed E-state index contributed by atoms with van der Waals surface area (Å²) in [7, 11) is 0. The first-order valence-corrected chi connectivity index (χ1v) is 8.55. The van der Waals surface area contributed by atoms with Gasteiger partial charge in [-0.05, 0) is 31.2 Å². The minimum atomic E-state index is -0.674. The van der Waals surface area contributed by atoms with Crippen LogP contribution in [0.3, 0.4) is 0 Å². The lowest BCUT2D eigenvalue weighted by Gasteiger charge is -2.10. The maximum absolute atomic E-state index is 12.0. The van der Waals surface area contributed by atoms with E-state index in [1.165, 1.54) is 0 Å². The van der Waals surface area contributed by atoms with Crippen LogP contribution >= 0.6 is 0 Å². The Balaban J connectivity index is 1.47. The summed E-state index contributed by atoms with van der Waals surface area (Å²) in [5.74, 6) is -0.115. The maximum Gasteiger partial charge on any atom is 0.308 e. The van der Waals surface area contributed by atoms with Crippen molar-refractivity contribution < 1.29 is 18.7 Å². The largest absolute Gasteiger partial charge is 0.453 e. The molecule has 1 atom stereocenters. The first-order chi connectivity index (χ1) is 13.1. The zero-order chi connectivity index (χ0) is 19.1. The van der Waals surface area contributed by atoms with Gasteiger partial charge in [-0.25, -0.2) is 0 Å². The lowest BCUT2D eigenvalue weighted by Crippen LogP contribution is -2.26. The van der Waals surface area contributed by atoms with Crippen molar-refractivity contribution in [1.29, 1.82) is 0 Å². The minimum Gasteiger partial charge on any atom is -0.453 e. The molecule has 2 aromatic carbocycles. The minimum absolute atomic E-state index is 0.0442. The Hall–Kier alpha value is -3.48. The molecule has 1 heterocycles. The van der Waals surface area contributed by atoms with Gasteiger partial charge < -0.3 is 14.5 Å². The molecule has 0 aliphatic carbocycles. The van der Waals surface area contributed by atoms with E-state index in [9.17, 15) is 9.59 Å². The summed E-state index contributed by atoms with van der Waals surface area (Å²) in [5, 5.41) is 10.6. The monoisotopic (exact) mass is 365 g/mol. The average Bonchev–Trinajstić information content (AvgIpc) is 3.20. The second-order valence-corrected chi connectivity index (χ2v) is 5.82. The molecule has 0 saturated heterocycles. The summed E-state index contributed by atoms with van der Waals surface area (Å²) < 4.78 is 10.9. The highest BCUT2D eigenvalue weighted by molar-refractivity contribution is 5.94. The summed E-state index contributed by atoms with van der Waals surface area (Å²) in [4.78, 5) is 23.9. The summed E-state index contributed by atoms with van der Waals surface area (Å²) >= 11 is 0. The Morgan fingerprint density at radius 1 is 1.04 bits per heavy atom. The molecule has 0 radical (unpaired) electrons. The molecule has 0 aliphatic heterocycles. The van der Waals surface area contributed by atoms with Crippen LogP contribution < -0.4 is 5.32 Å². The molecular formula is C20H19N3O4. The van der Waals surface area contributed by atoms with E-state index in [2.05, 4.69) is 15.5 Å². The fraction of sp³-hybridized carbons (Fsp3) is 0.200. The Bertz CT molecular complexity index is 894. The van der Waals surface area contributed by atoms with Gasteiger partial charge in [0.25, 0.3) is 11.8 Å². The molecule has 1 N–H and O–H groups in total. The standard InChI is InChI=1S/C20H19N3O4/c1-14(19-22-23-20(27-19)16-10-6-3-7-11-16)26-17(24)12-13-21-18(25)15-8-4-2-5-9-15/h2-11,14H,12-13H2,1H3,(H,21,25). The number of nitrogens with zero attached hydrogens (tertiary/aromatic N) is 2. The molecule has 1 unspecified atom stereocenters. The van der Waals surface area contributed by atoms with E-state index in [1.807, 2.05) is 36.4 Å². The number of amides is 1. The molecule has 0 bridgehead atoms. The first-order valence-electron chi connectivity index (χ1n) is 8.55. The van der Waals surface area contributed by atoms with Crippen LogP contribution in [0.4, 0.5) is 0 Å². The number of hydrogen-bond donors (Lipinski definition) is 1. The number of rotatable bonds is 7. The molecule has 3 rings (SSSR count). The van der Waals surface area contributed by atoms with Crippen molar-refractivity contribution in [2.75, 3.05) is 6.54 Å². The fourth-order valence-electron chi connectivity index (χ4n) is 2.37. The smallest absolute Gasteiger partial charge is 0.308 e. The second kappa shape index (κ2) is 8.75. The number of benzene rings is 2. The maximum atomic E-state index is 12.0. The van der Waals surface area contributed by atoms with E-state index in [4.69, 9.17) is 9.15 Å². The van der Waals surface area contributed by atoms with E-state index in [0.717, 1.165) is 5.56 Å². The molecule has 0 fully saturated rings. The third kappa shape index (κ3) is 5.01. The van der Waals surface area contributed by atoms with Crippen LogP contribution in [-0.2, 0) is 9.53 Å². The number of aromatic nitrogens is 2. The summed E-state index contributed by atoms with van der Waals surface area (Å²) in [6.07, 6.45) is -0.630. The lowest BCUT2D eigenvalue weighted by atomic mass is 10.2. The number of ether oxygens (including phenoxy) is 1. The normalized spacial score (nSPS) is 11.6. The van der Waals surface area contributed by atoms with Crippen LogP contribution in [0.15, 0.2) is 65.1 Å². The van der Waals surface area contributed by atoms with Crippen LogP contribution in [0.1, 0.15) is 35.7 Å². The van der Waals surface area contributed by atoms with E-state index in [1.54, 1.807) is 31.2 Å². The van der Waals surface area contributed by atoms with Gasteiger partial charge in [0.1, 0.15) is 0 Å². The first kappa shape index (κ1) is 18.3. The van der Waals surface area contributed by atoms with Gasteiger partial charge in [-0.15, -0.1) is 10.2 Å². The zero-order valence-electron chi connectivity index (χ0n) is 14.8. The van der Waals surface area contributed by atoms with Gasteiger partial charge >= 0.3 is 5.97 Å². The molecule has 7 heteroatoms. The molecular weight excluding hydrogens is 346 g/mol. The highest BCUT2D eigenvalue weighted by atomic mass is 16.6. The third-order valence-electron chi connectivity index (χ3n) is 3.77. The molecule has 3 aromatic rings. The van der Waals surface area contributed by atoms with Gasteiger partial charge in [0, 0.05) is 17.7 Å². The van der Waals surface area contributed by atoms with Gasteiger partial charge in [-0.1, -0.05) is 36.4 Å². The van der Waals surface area contributed by atoms with Crippen molar-refractivity contribution in [1.82, 2.24) is 15.5 Å². The van der Waals surface area contributed by atoms with Gasteiger partial charge in [-0.2, -0.15) is 0 Å². The van der Waals surface area contributed by atoms with Crippen LogP contribution in [0.5, 0.6) is 0 Å². The van der Waals surface area contributed by atoms with E-state index in [0.29, 0.717) is 11.5 Å². The van der Waals surface area contributed by atoms with Gasteiger partial charge in [0.15, 0.2) is 6.10 Å². The van der Waals surface area contributed by atoms with E-state index >= 15 is 0 Å². The SMILES string of the molecule is CC(OC(=O)CCNC(=O)c1ccccc1)c1nnc(-c2ccccc2)o1. The summed E-state index contributed by atoms with van der Waals surface area (Å²) in [6.45, 7) is 1.83. The highest BCUT2D eigenvalue weighted by Crippen LogP contribution is 2.22. The Morgan fingerprint density at radius 3 is 2.41 bits per heavy atom. The van der Waals surface area contributed by atoms with Crippen molar-refractivity contribution in [2.45, 2.75) is 19.4 Å². The zero-order valence-corrected chi connectivity index (χ0v) is 14.8. The molecule has 0 spiro atoms. The summed E-state index contributed by atoms with van der Waals surface area (Å²) in [5.41, 5.74) is 1.33. The number of esters is 1. The molecule has 1 aromatic heterocycles. The van der Waals surface area contributed by atoms with E-state index < -0.39 is 12.1 Å². The Kier molecular flexibility index (Phi) is 5.94. The average molecular weight is 365 g/mol. The summed E-state index contributed by atoms with van der Waals surface area (Å²) in [6, 6.07) is 18.1. The van der Waals surface area contributed by atoms with Crippen molar-refractivity contribution in [3.63, 3.8) is 0 Å². The highest BCUT2D eigenvalue weighted by Gasteiger charge is 2.19. The van der Waals surface area contributed by atoms with Gasteiger partial charge in [-0.3, -0.25) is 9.59 Å². The molecule has 0 saturated carbocycles. The van der Waals surface area contributed by atoms with Crippen molar-refractivity contribution >= 4 is 11.9 Å². The predicted octanol–water partition coefficient (Wildman–Crippen LogP) is 3.16. The van der Waals surface area contributed by atoms with Crippen LogP contribution in [0.25, 0.3) is 11.5 Å². The topological polar surface area (TPSA) is 94.3 Å². The number of hydrogen-bond acceptors (Lipinski definition) is 6. The second-order valence-electron chi connectivity index (χ2n) is 5.82. The van der Waals surface area contributed by atoms with Crippen LogP contribution in [0.2, 0.25) is 0 Å². The third-order valence-corrected chi connectivity index (χ3v) is 3.77. The van der Waals surface area contributed by atoms with Gasteiger partial charge in [0.05, 0.1) is 6.42 Å². The van der Waals surface area contributed by atoms with Crippen molar-refractivity contribution in [2.24, 2.45) is 0 Å².